The minimum Gasteiger partial charge on any atom is -0.322 e. The number of benzene rings is 1. The maximum Gasteiger partial charge on any atom is 0.259 e. The Labute approximate surface area is 97.9 Å². The van der Waals surface area contributed by atoms with E-state index in [2.05, 4.69) is 15.5 Å². The van der Waals surface area contributed by atoms with E-state index in [-0.39, 0.29) is 11.7 Å². The summed E-state index contributed by atoms with van der Waals surface area (Å²) in [5.41, 5.74) is 2.10. The number of aryl methyl sites for hydroxylation is 2. The number of H-pyrrole nitrogens is 1. The van der Waals surface area contributed by atoms with Crippen molar-refractivity contribution in [2.24, 2.45) is 0 Å². The molecule has 2 rings (SSSR count). The molecule has 0 atom stereocenters. The minimum absolute atomic E-state index is 0.306. The summed E-state index contributed by atoms with van der Waals surface area (Å²) in [6.45, 7) is 3.42. The molecule has 1 amide bonds. The second-order valence-corrected chi connectivity index (χ2v) is 3.83. The number of rotatable bonds is 2. The van der Waals surface area contributed by atoms with Gasteiger partial charge < -0.3 is 5.32 Å². The SMILES string of the molecule is Cc1ccc(NC(=O)c2cn[nH]c2C)cc1F. The van der Waals surface area contributed by atoms with Crippen LogP contribution in [-0.2, 0) is 0 Å². The molecule has 0 aliphatic heterocycles. The highest BCUT2D eigenvalue weighted by atomic mass is 19.1. The first-order chi connectivity index (χ1) is 8.08. The summed E-state index contributed by atoms with van der Waals surface area (Å²) in [5, 5.41) is 9.04. The van der Waals surface area contributed by atoms with Crippen molar-refractivity contribution >= 4 is 11.6 Å². The fourth-order valence-corrected chi connectivity index (χ4v) is 1.45. The van der Waals surface area contributed by atoms with Gasteiger partial charge in [0.25, 0.3) is 5.91 Å². The second-order valence-electron chi connectivity index (χ2n) is 3.83. The molecule has 5 heteroatoms. The molecule has 0 saturated heterocycles. The monoisotopic (exact) mass is 233 g/mol. The summed E-state index contributed by atoms with van der Waals surface area (Å²) < 4.78 is 13.3. The summed E-state index contributed by atoms with van der Waals surface area (Å²) in [6.07, 6.45) is 1.44. The van der Waals surface area contributed by atoms with Gasteiger partial charge in [-0.15, -0.1) is 0 Å². The Morgan fingerprint density at radius 2 is 2.18 bits per heavy atom. The number of nitrogens with zero attached hydrogens (tertiary/aromatic N) is 1. The Bertz CT molecular complexity index is 563. The smallest absolute Gasteiger partial charge is 0.259 e. The van der Waals surface area contributed by atoms with E-state index in [1.54, 1.807) is 26.0 Å². The van der Waals surface area contributed by atoms with Gasteiger partial charge in [0.15, 0.2) is 0 Å². The molecule has 17 heavy (non-hydrogen) atoms. The van der Waals surface area contributed by atoms with E-state index in [0.29, 0.717) is 22.5 Å². The van der Waals surface area contributed by atoms with Crippen LogP contribution in [0.2, 0.25) is 0 Å². The molecular formula is C12H12FN3O. The number of aromatic nitrogens is 2. The highest BCUT2D eigenvalue weighted by Gasteiger charge is 2.11. The molecule has 1 heterocycles. The van der Waals surface area contributed by atoms with Gasteiger partial charge in [-0.2, -0.15) is 5.10 Å². The average Bonchev–Trinajstić information content (AvgIpc) is 2.70. The molecule has 0 bridgehead atoms. The third kappa shape index (κ3) is 2.33. The lowest BCUT2D eigenvalue weighted by Gasteiger charge is -2.05. The third-order valence-corrected chi connectivity index (χ3v) is 2.50. The molecule has 1 aromatic heterocycles. The van der Waals surface area contributed by atoms with Crippen LogP contribution in [0.15, 0.2) is 24.4 Å². The van der Waals surface area contributed by atoms with Crippen molar-refractivity contribution in [3.05, 3.63) is 47.0 Å². The van der Waals surface area contributed by atoms with Crippen LogP contribution < -0.4 is 5.32 Å². The van der Waals surface area contributed by atoms with Crippen LogP contribution >= 0.6 is 0 Å². The molecule has 1 aromatic carbocycles. The zero-order valence-electron chi connectivity index (χ0n) is 9.54. The van der Waals surface area contributed by atoms with E-state index in [9.17, 15) is 9.18 Å². The topological polar surface area (TPSA) is 57.8 Å². The maximum atomic E-state index is 13.3. The number of carbonyl (C=O) groups is 1. The summed E-state index contributed by atoms with van der Waals surface area (Å²) in [4.78, 5) is 11.8. The van der Waals surface area contributed by atoms with E-state index in [0.717, 1.165) is 0 Å². The van der Waals surface area contributed by atoms with Crippen LogP contribution in [-0.4, -0.2) is 16.1 Å². The van der Waals surface area contributed by atoms with Crippen molar-refractivity contribution in [1.29, 1.82) is 0 Å². The Morgan fingerprint density at radius 3 is 2.76 bits per heavy atom. The highest BCUT2D eigenvalue weighted by molar-refractivity contribution is 6.04. The highest BCUT2D eigenvalue weighted by Crippen LogP contribution is 2.15. The van der Waals surface area contributed by atoms with Crippen molar-refractivity contribution in [3.8, 4) is 0 Å². The number of amides is 1. The van der Waals surface area contributed by atoms with Crippen LogP contribution in [0, 0.1) is 19.7 Å². The fraction of sp³-hybridized carbons (Fsp3) is 0.167. The van der Waals surface area contributed by atoms with Crippen molar-refractivity contribution in [2.45, 2.75) is 13.8 Å². The van der Waals surface area contributed by atoms with E-state index in [4.69, 9.17) is 0 Å². The lowest BCUT2D eigenvalue weighted by molar-refractivity contribution is 0.102. The molecule has 2 N–H and O–H groups in total. The quantitative estimate of drug-likeness (QED) is 0.836. The van der Waals surface area contributed by atoms with Gasteiger partial charge in [-0.3, -0.25) is 9.89 Å². The Kier molecular flexibility index (Phi) is 2.91. The number of carbonyl (C=O) groups excluding carboxylic acids is 1. The van der Waals surface area contributed by atoms with E-state index in [1.807, 2.05) is 0 Å². The van der Waals surface area contributed by atoms with Gasteiger partial charge in [0.05, 0.1) is 11.8 Å². The van der Waals surface area contributed by atoms with Crippen molar-refractivity contribution < 1.29 is 9.18 Å². The van der Waals surface area contributed by atoms with Crippen molar-refractivity contribution in [2.75, 3.05) is 5.32 Å². The third-order valence-electron chi connectivity index (χ3n) is 2.50. The Balaban J connectivity index is 2.19. The predicted molar refractivity (Wildman–Crippen MR) is 62.4 cm³/mol. The number of hydrogen-bond acceptors (Lipinski definition) is 2. The Morgan fingerprint density at radius 1 is 1.41 bits per heavy atom. The van der Waals surface area contributed by atoms with Gasteiger partial charge in [0.1, 0.15) is 5.82 Å². The number of aromatic amines is 1. The molecule has 0 aliphatic carbocycles. The molecule has 4 nitrogen and oxygen atoms in total. The minimum atomic E-state index is -0.341. The van der Waals surface area contributed by atoms with Crippen molar-refractivity contribution in [1.82, 2.24) is 10.2 Å². The molecule has 0 fully saturated rings. The number of halogens is 1. The largest absolute Gasteiger partial charge is 0.322 e. The maximum absolute atomic E-state index is 13.3. The van der Waals surface area contributed by atoms with Crippen LogP contribution in [0.4, 0.5) is 10.1 Å². The van der Waals surface area contributed by atoms with E-state index in [1.165, 1.54) is 12.3 Å². The normalized spacial score (nSPS) is 10.3. The van der Waals surface area contributed by atoms with Gasteiger partial charge in [0.2, 0.25) is 0 Å². The summed E-state index contributed by atoms with van der Waals surface area (Å²) in [7, 11) is 0. The number of nitrogens with one attached hydrogen (secondary N) is 2. The summed E-state index contributed by atoms with van der Waals surface area (Å²) in [5.74, 6) is -0.647. The van der Waals surface area contributed by atoms with Gasteiger partial charge in [0, 0.05) is 11.4 Å². The van der Waals surface area contributed by atoms with Gasteiger partial charge in [-0.1, -0.05) is 6.07 Å². The molecule has 0 saturated carbocycles. The Hall–Kier alpha value is -2.17. The van der Waals surface area contributed by atoms with E-state index >= 15 is 0 Å². The predicted octanol–water partition coefficient (Wildman–Crippen LogP) is 2.42. The first-order valence-corrected chi connectivity index (χ1v) is 5.15. The van der Waals surface area contributed by atoms with E-state index < -0.39 is 0 Å². The zero-order chi connectivity index (χ0) is 12.4. The molecule has 0 spiro atoms. The lowest BCUT2D eigenvalue weighted by Crippen LogP contribution is -2.12. The molecule has 88 valence electrons. The van der Waals surface area contributed by atoms with Crippen LogP contribution in [0.5, 0.6) is 0 Å². The first-order valence-electron chi connectivity index (χ1n) is 5.15. The van der Waals surface area contributed by atoms with Crippen LogP contribution in [0.3, 0.4) is 0 Å². The molecule has 0 radical (unpaired) electrons. The summed E-state index contributed by atoms with van der Waals surface area (Å²) >= 11 is 0. The van der Waals surface area contributed by atoms with Crippen LogP contribution in [0.25, 0.3) is 0 Å². The fourth-order valence-electron chi connectivity index (χ4n) is 1.45. The van der Waals surface area contributed by atoms with Gasteiger partial charge >= 0.3 is 0 Å². The lowest BCUT2D eigenvalue weighted by atomic mass is 10.2. The number of hydrogen-bond donors (Lipinski definition) is 2. The average molecular weight is 233 g/mol. The molecule has 0 unspecified atom stereocenters. The zero-order valence-corrected chi connectivity index (χ0v) is 9.54. The number of anilines is 1. The first kappa shape index (κ1) is 11.3. The molecular weight excluding hydrogens is 221 g/mol. The second kappa shape index (κ2) is 4.37. The van der Waals surface area contributed by atoms with Crippen molar-refractivity contribution in [3.63, 3.8) is 0 Å². The van der Waals surface area contributed by atoms with Gasteiger partial charge in [-0.25, -0.2) is 4.39 Å². The molecule has 0 aliphatic rings. The van der Waals surface area contributed by atoms with Gasteiger partial charge in [-0.05, 0) is 31.5 Å². The van der Waals surface area contributed by atoms with Crippen LogP contribution in [0.1, 0.15) is 21.6 Å². The molecule has 2 aromatic rings. The standard InChI is InChI=1S/C12H12FN3O/c1-7-3-4-9(5-11(7)13)15-12(17)10-6-14-16-8(10)2/h3-6H,1-2H3,(H,14,16)(H,15,17). The summed E-state index contributed by atoms with van der Waals surface area (Å²) in [6, 6.07) is 4.57.